The van der Waals surface area contributed by atoms with Gasteiger partial charge in [-0.05, 0) is 24.2 Å². The van der Waals surface area contributed by atoms with Crippen LogP contribution in [0.4, 0.5) is 0 Å². The van der Waals surface area contributed by atoms with Gasteiger partial charge in [0, 0.05) is 11.6 Å². The van der Waals surface area contributed by atoms with Gasteiger partial charge < -0.3 is 14.6 Å². The Labute approximate surface area is 104 Å². The summed E-state index contributed by atoms with van der Waals surface area (Å²) in [7, 11) is 3.96. The third kappa shape index (κ3) is 4.03. The third-order valence-corrected chi connectivity index (χ3v) is 3.68. The predicted octanol–water partition coefficient (Wildman–Crippen LogP) is 2.14. The predicted molar refractivity (Wildman–Crippen MR) is 70.3 cm³/mol. The number of benzene rings is 1. The Morgan fingerprint density at radius 2 is 2.00 bits per heavy atom. The van der Waals surface area contributed by atoms with E-state index in [9.17, 15) is 5.11 Å². The van der Waals surface area contributed by atoms with Gasteiger partial charge in [0.05, 0.1) is 14.2 Å². The molecule has 17 heavy (non-hydrogen) atoms. The molecule has 4 heteroatoms. The second-order valence-electron chi connectivity index (χ2n) is 4.11. The van der Waals surface area contributed by atoms with E-state index in [1.54, 1.807) is 32.4 Å². The molecule has 0 bridgehead atoms. The number of methoxy groups -OCH3 is 2. The molecule has 0 aliphatic heterocycles. The van der Waals surface area contributed by atoms with Crippen molar-refractivity contribution in [1.82, 2.24) is 0 Å². The van der Waals surface area contributed by atoms with Gasteiger partial charge in [-0.2, -0.15) is 0 Å². The molecule has 0 aliphatic rings. The van der Waals surface area contributed by atoms with E-state index in [0.717, 1.165) is 14.4 Å². The summed E-state index contributed by atoms with van der Waals surface area (Å²) in [6.07, 6.45) is 0.869. The topological polar surface area (TPSA) is 41.5 Å². The van der Waals surface area contributed by atoms with Crippen LogP contribution in [-0.2, 0) is 0 Å². The van der Waals surface area contributed by atoms with Crippen molar-refractivity contribution >= 4 is 13.7 Å². The molecule has 1 rings (SSSR count). The third-order valence-electron chi connectivity index (χ3n) is 2.24. The fourth-order valence-electron chi connectivity index (χ4n) is 1.33. The van der Waals surface area contributed by atoms with Gasteiger partial charge in [0.2, 0.25) is 0 Å². The Morgan fingerprint density at radius 1 is 1.29 bits per heavy atom. The van der Waals surface area contributed by atoms with Gasteiger partial charge in [-0.15, -0.1) is 13.7 Å². The maximum atomic E-state index is 12.0. The Morgan fingerprint density at radius 3 is 2.53 bits per heavy atom. The van der Waals surface area contributed by atoms with E-state index in [4.69, 9.17) is 9.47 Å². The number of hydrogen-bond acceptors (Lipinski definition) is 3. The maximum Gasteiger partial charge on any atom is 0.129 e. The highest BCUT2D eigenvalue weighted by atomic mass is 31.1. The molecule has 0 unspecified atom stereocenters. The lowest BCUT2D eigenvalue weighted by molar-refractivity contribution is -0.207. The number of ether oxygens (including phenoxy) is 2. The van der Waals surface area contributed by atoms with E-state index in [2.05, 4.69) is 13.8 Å². The summed E-state index contributed by atoms with van der Waals surface area (Å²) >= 11 is 0. The van der Waals surface area contributed by atoms with Crippen LogP contribution in [0.3, 0.4) is 0 Å². The molecule has 0 radical (unpaired) electrons. The molecule has 0 spiro atoms. The van der Waals surface area contributed by atoms with E-state index in [1.165, 1.54) is 0 Å². The zero-order valence-corrected chi connectivity index (χ0v) is 11.6. The van der Waals surface area contributed by atoms with Gasteiger partial charge >= 0.3 is 0 Å². The lowest BCUT2D eigenvalue weighted by Gasteiger charge is -2.17. The Bertz CT molecular complexity index is 400. The summed E-state index contributed by atoms with van der Waals surface area (Å²) in [5.74, 6) is 1.79. The molecule has 0 saturated carbocycles. The molecule has 0 heterocycles. The van der Waals surface area contributed by atoms with Crippen LogP contribution in [0.15, 0.2) is 18.2 Å². The Balaban J connectivity index is 3.00. The first kappa shape index (κ1) is 14.0. The van der Waals surface area contributed by atoms with Crippen LogP contribution in [0.25, 0.3) is 0 Å². The normalized spacial score (nSPS) is 11.8. The van der Waals surface area contributed by atoms with Crippen LogP contribution < -0.4 is 14.6 Å². The zero-order chi connectivity index (χ0) is 12.8. The number of rotatable bonds is 5. The molecule has 0 amide bonds. The molecule has 0 fully saturated rings. The highest BCUT2D eigenvalue weighted by Crippen LogP contribution is 2.25. The van der Waals surface area contributed by atoms with Crippen molar-refractivity contribution < 1.29 is 14.6 Å². The second-order valence-corrected chi connectivity index (χ2v) is 5.19. The Hall–Kier alpha value is -1.05. The van der Waals surface area contributed by atoms with E-state index in [1.807, 2.05) is 0 Å². The molecule has 1 aromatic rings. The van der Waals surface area contributed by atoms with Crippen LogP contribution in [0.1, 0.15) is 19.4 Å². The van der Waals surface area contributed by atoms with E-state index in [-0.39, 0.29) is 5.48 Å². The van der Waals surface area contributed by atoms with Crippen LogP contribution in [0.2, 0.25) is 0 Å². The standard InChI is InChI=1S/C13H19O3P/c1-9(2)8-17-13(14)11-6-5-10(15-3)7-12(11)16-4/h5-7,9,14H,8H2,1-4H3/p-1. The quantitative estimate of drug-likeness (QED) is 0.755. The lowest BCUT2D eigenvalue weighted by Crippen LogP contribution is -2.17. The van der Waals surface area contributed by atoms with E-state index < -0.39 is 0 Å². The maximum absolute atomic E-state index is 12.0. The summed E-state index contributed by atoms with van der Waals surface area (Å²) < 4.78 is 10.3. The monoisotopic (exact) mass is 253 g/mol. The molecular formula is C13H18O3P-. The van der Waals surface area contributed by atoms with Gasteiger partial charge in [-0.1, -0.05) is 13.8 Å². The van der Waals surface area contributed by atoms with Gasteiger partial charge in [-0.3, -0.25) is 0 Å². The van der Waals surface area contributed by atoms with Gasteiger partial charge in [0.1, 0.15) is 11.5 Å². The highest BCUT2D eigenvalue weighted by molar-refractivity contribution is 7.40. The minimum absolute atomic E-state index is 0.0956. The van der Waals surface area contributed by atoms with E-state index >= 15 is 0 Å². The van der Waals surface area contributed by atoms with Crippen molar-refractivity contribution in [2.24, 2.45) is 5.92 Å². The summed E-state index contributed by atoms with van der Waals surface area (Å²) in [5.41, 5.74) is 0.716. The first-order valence-electron chi connectivity index (χ1n) is 5.52. The van der Waals surface area contributed by atoms with Gasteiger partial charge in [-0.25, -0.2) is 0 Å². The highest BCUT2D eigenvalue weighted by Gasteiger charge is 2.03. The summed E-state index contributed by atoms with van der Waals surface area (Å²) in [5, 5.41) is 12.0. The SMILES string of the molecule is COc1ccc(C([O-])=PCC(C)C)c(OC)c1. The lowest BCUT2D eigenvalue weighted by atomic mass is 10.2. The van der Waals surface area contributed by atoms with Crippen molar-refractivity contribution in [2.45, 2.75) is 13.8 Å². The summed E-state index contributed by atoms with van der Waals surface area (Å²) in [6.45, 7) is 4.21. The molecule has 3 nitrogen and oxygen atoms in total. The molecule has 0 aliphatic carbocycles. The Kier molecular flexibility index (Phi) is 5.46. The molecule has 0 aromatic heterocycles. The van der Waals surface area contributed by atoms with Crippen LogP contribution in [0, 0.1) is 5.92 Å². The largest absolute Gasteiger partial charge is 0.823 e. The minimum atomic E-state index is 0.0956. The molecule has 94 valence electrons. The fourth-order valence-corrected chi connectivity index (χ4v) is 2.21. The minimum Gasteiger partial charge on any atom is -0.823 e. The van der Waals surface area contributed by atoms with E-state index in [0.29, 0.717) is 23.0 Å². The average molecular weight is 253 g/mol. The smallest absolute Gasteiger partial charge is 0.129 e. The first-order chi connectivity index (χ1) is 8.08. The first-order valence-corrected chi connectivity index (χ1v) is 6.60. The van der Waals surface area contributed by atoms with Crippen LogP contribution in [0.5, 0.6) is 11.5 Å². The van der Waals surface area contributed by atoms with Gasteiger partial charge in [0.15, 0.2) is 0 Å². The van der Waals surface area contributed by atoms with Gasteiger partial charge in [0.25, 0.3) is 0 Å². The average Bonchev–Trinajstić information content (AvgIpc) is 2.34. The summed E-state index contributed by atoms with van der Waals surface area (Å²) in [6, 6.07) is 5.27. The molecule has 0 atom stereocenters. The molecular weight excluding hydrogens is 235 g/mol. The molecule has 0 saturated heterocycles. The van der Waals surface area contributed by atoms with Crippen molar-refractivity contribution in [3.8, 4) is 11.5 Å². The fraction of sp³-hybridized carbons (Fsp3) is 0.462. The summed E-state index contributed by atoms with van der Waals surface area (Å²) in [4.78, 5) is 0. The van der Waals surface area contributed by atoms with Crippen LogP contribution >= 0.6 is 8.20 Å². The van der Waals surface area contributed by atoms with Crippen molar-refractivity contribution in [3.63, 3.8) is 0 Å². The van der Waals surface area contributed by atoms with Crippen molar-refractivity contribution in [2.75, 3.05) is 20.4 Å². The number of hydrogen-bond donors (Lipinski definition) is 0. The van der Waals surface area contributed by atoms with Crippen molar-refractivity contribution in [3.05, 3.63) is 23.8 Å². The zero-order valence-electron chi connectivity index (χ0n) is 10.7. The van der Waals surface area contributed by atoms with Crippen molar-refractivity contribution in [1.29, 1.82) is 0 Å². The second kappa shape index (κ2) is 6.63. The molecule has 0 N–H and O–H groups in total. The molecule has 1 aromatic carbocycles. The van der Waals surface area contributed by atoms with Crippen LogP contribution in [-0.4, -0.2) is 25.9 Å².